The molecule has 2 saturated heterocycles. The summed E-state index contributed by atoms with van der Waals surface area (Å²) >= 11 is 0. The van der Waals surface area contributed by atoms with Crippen molar-refractivity contribution >= 4 is 35.4 Å². The number of imide groups is 1. The number of esters is 3. The van der Waals surface area contributed by atoms with Crippen molar-refractivity contribution in [1.29, 1.82) is 0 Å². The van der Waals surface area contributed by atoms with Crippen molar-refractivity contribution in [2.24, 2.45) is 11.8 Å². The van der Waals surface area contributed by atoms with Gasteiger partial charge in [0.25, 0.3) is 6.29 Å². The lowest BCUT2D eigenvalue weighted by molar-refractivity contribution is -0.226. The number of carbonyl (C=O) groups is 5. The first-order valence-electron chi connectivity index (χ1n) is 10.1. The Balaban J connectivity index is 1.76. The SMILES string of the molecule is CCOC(=O)c1ccccc1N1C(=O)[C@H]2[C@@H](C1=O)[C@@]1(C(OC(C)=O)OC(C)=O)C=C[C@H]2O1. The molecule has 0 aliphatic carbocycles. The van der Waals surface area contributed by atoms with Crippen molar-refractivity contribution in [3.05, 3.63) is 42.0 Å². The van der Waals surface area contributed by atoms with E-state index < -0.39 is 59.6 Å². The van der Waals surface area contributed by atoms with Crippen molar-refractivity contribution in [2.45, 2.75) is 38.8 Å². The number of fused-ring (bicyclic) bond motifs is 5. The molecule has 3 aliphatic rings. The topological polar surface area (TPSA) is 126 Å². The van der Waals surface area contributed by atoms with Gasteiger partial charge in [0.2, 0.25) is 11.8 Å². The van der Waals surface area contributed by atoms with Gasteiger partial charge in [-0.05, 0) is 25.1 Å². The van der Waals surface area contributed by atoms with Gasteiger partial charge in [0.1, 0.15) is 0 Å². The fourth-order valence-electron chi connectivity index (χ4n) is 4.50. The number of benzene rings is 1. The largest absolute Gasteiger partial charge is 0.462 e. The summed E-state index contributed by atoms with van der Waals surface area (Å²) in [7, 11) is 0. The second-order valence-electron chi connectivity index (χ2n) is 7.60. The van der Waals surface area contributed by atoms with Crippen LogP contribution in [0.25, 0.3) is 0 Å². The third kappa shape index (κ3) is 3.18. The molecule has 4 rings (SSSR count). The van der Waals surface area contributed by atoms with Gasteiger partial charge in [-0.3, -0.25) is 19.2 Å². The Morgan fingerprint density at radius 3 is 2.38 bits per heavy atom. The zero-order valence-electron chi connectivity index (χ0n) is 17.6. The highest BCUT2D eigenvalue weighted by Gasteiger charge is 2.72. The summed E-state index contributed by atoms with van der Waals surface area (Å²) in [5.74, 6) is -5.47. The molecule has 10 heteroatoms. The highest BCUT2D eigenvalue weighted by molar-refractivity contribution is 6.25. The van der Waals surface area contributed by atoms with Gasteiger partial charge in [-0.15, -0.1) is 0 Å². The molecular weight excluding hydrogens is 422 g/mol. The van der Waals surface area contributed by atoms with Gasteiger partial charge in [-0.25, -0.2) is 9.69 Å². The molecule has 1 aromatic carbocycles. The maximum atomic E-state index is 13.6. The number of carbonyl (C=O) groups excluding carboxylic acids is 5. The quantitative estimate of drug-likeness (QED) is 0.275. The lowest BCUT2D eigenvalue weighted by Gasteiger charge is -2.34. The number of amides is 2. The second-order valence-corrected chi connectivity index (χ2v) is 7.60. The van der Waals surface area contributed by atoms with Crippen LogP contribution in [0.15, 0.2) is 36.4 Å². The average Bonchev–Trinajstić information content (AvgIpc) is 3.38. The molecule has 4 atom stereocenters. The monoisotopic (exact) mass is 443 g/mol. The fraction of sp³-hybridized carbons (Fsp3) is 0.409. The Hall–Kier alpha value is -3.53. The number of hydrogen-bond acceptors (Lipinski definition) is 9. The van der Waals surface area contributed by atoms with E-state index >= 15 is 0 Å². The zero-order chi connectivity index (χ0) is 23.2. The number of rotatable bonds is 6. The molecule has 2 fully saturated rings. The number of hydrogen-bond donors (Lipinski definition) is 0. The second kappa shape index (κ2) is 7.86. The van der Waals surface area contributed by atoms with Gasteiger partial charge in [-0.1, -0.05) is 18.2 Å². The molecule has 0 N–H and O–H groups in total. The molecular formula is C22H21NO9. The van der Waals surface area contributed by atoms with Crippen molar-refractivity contribution < 1.29 is 42.9 Å². The van der Waals surface area contributed by atoms with E-state index in [1.54, 1.807) is 25.1 Å². The van der Waals surface area contributed by atoms with Crippen LogP contribution in [0, 0.1) is 11.8 Å². The van der Waals surface area contributed by atoms with Gasteiger partial charge in [-0.2, -0.15) is 0 Å². The summed E-state index contributed by atoms with van der Waals surface area (Å²) in [5, 5.41) is 0. The van der Waals surface area contributed by atoms with E-state index in [2.05, 4.69) is 0 Å². The molecule has 2 bridgehead atoms. The van der Waals surface area contributed by atoms with Crippen LogP contribution in [-0.4, -0.2) is 54.3 Å². The molecule has 1 aromatic rings. The van der Waals surface area contributed by atoms with E-state index in [9.17, 15) is 24.0 Å². The van der Waals surface area contributed by atoms with E-state index in [0.29, 0.717) is 0 Å². The predicted octanol–water partition coefficient (Wildman–Crippen LogP) is 1.13. The lowest BCUT2D eigenvalue weighted by Crippen LogP contribution is -2.52. The minimum atomic E-state index is -1.66. The molecule has 0 aromatic heterocycles. The van der Waals surface area contributed by atoms with Crippen molar-refractivity contribution in [2.75, 3.05) is 11.5 Å². The van der Waals surface area contributed by atoms with Crippen LogP contribution in [0.1, 0.15) is 31.1 Å². The van der Waals surface area contributed by atoms with E-state index in [0.717, 1.165) is 18.7 Å². The first-order chi connectivity index (χ1) is 15.2. The van der Waals surface area contributed by atoms with Crippen LogP contribution < -0.4 is 4.90 Å². The molecule has 3 heterocycles. The van der Waals surface area contributed by atoms with Gasteiger partial charge in [0.05, 0.1) is 35.8 Å². The highest BCUT2D eigenvalue weighted by atomic mass is 16.7. The number of nitrogens with zero attached hydrogens (tertiary/aromatic N) is 1. The summed E-state index contributed by atoms with van der Waals surface area (Å²) < 4.78 is 21.3. The third-order valence-electron chi connectivity index (χ3n) is 5.63. The van der Waals surface area contributed by atoms with Crippen LogP contribution >= 0.6 is 0 Å². The van der Waals surface area contributed by atoms with Crippen LogP contribution in [0.5, 0.6) is 0 Å². The Labute approximate surface area is 183 Å². The number of ether oxygens (including phenoxy) is 4. The first-order valence-corrected chi connectivity index (χ1v) is 10.1. The normalized spacial score (nSPS) is 27.6. The minimum Gasteiger partial charge on any atom is -0.462 e. The molecule has 0 radical (unpaired) electrons. The Morgan fingerprint density at radius 2 is 1.75 bits per heavy atom. The fourth-order valence-corrected chi connectivity index (χ4v) is 4.50. The van der Waals surface area contributed by atoms with E-state index in [4.69, 9.17) is 18.9 Å². The third-order valence-corrected chi connectivity index (χ3v) is 5.63. The molecule has 0 saturated carbocycles. The molecule has 32 heavy (non-hydrogen) atoms. The number of anilines is 1. The maximum absolute atomic E-state index is 13.6. The van der Waals surface area contributed by atoms with E-state index in [1.165, 1.54) is 18.2 Å². The summed E-state index contributed by atoms with van der Waals surface area (Å²) in [4.78, 5) is 63.6. The van der Waals surface area contributed by atoms with Crippen molar-refractivity contribution in [3.63, 3.8) is 0 Å². The lowest BCUT2D eigenvalue weighted by atomic mass is 9.76. The molecule has 168 valence electrons. The molecule has 0 spiro atoms. The van der Waals surface area contributed by atoms with Crippen molar-refractivity contribution in [3.8, 4) is 0 Å². The van der Waals surface area contributed by atoms with Crippen LogP contribution in [-0.2, 0) is 38.1 Å². The Bertz CT molecular complexity index is 1030. The van der Waals surface area contributed by atoms with Crippen LogP contribution in [0.3, 0.4) is 0 Å². The van der Waals surface area contributed by atoms with Crippen LogP contribution in [0.2, 0.25) is 0 Å². The van der Waals surface area contributed by atoms with Gasteiger partial charge < -0.3 is 18.9 Å². The zero-order valence-corrected chi connectivity index (χ0v) is 17.6. The van der Waals surface area contributed by atoms with Gasteiger partial charge in [0, 0.05) is 13.8 Å². The highest BCUT2D eigenvalue weighted by Crippen LogP contribution is 2.55. The summed E-state index contributed by atoms with van der Waals surface area (Å²) in [6.07, 6.45) is 0.713. The first kappa shape index (κ1) is 21.7. The number of para-hydroxylation sites is 1. The molecule has 2 amide bonds. The summed E-state index contributed by atoms with van der Waals surface area (Å²) in [6.45, 7) is 4.01. The summed E-state index contributed by atoms with van der Waals surface area (Å²) in [5.41, 5.74) is -1.52. The standard InChI is InChI=1S/C22H21NO9/c1-4-29-20(28)13-7-5-6-8-14(13)23-18(26)16-15-9-10-22(32-15,17(16)19(23)27)21(30-11(2)24)31-12(3)25/h5-10,15-17,21H,4H2,1-3H3/t15-,16-,17+,22-/m1/s1. The predicted molar refractivity (Wildman–Crippen MR) is 106 cm³/mol. The molecule has 3 aliphatic heterocycles. The minimum absolute atomic E-state index is 0.0582. The van der Waals surface area contributed by atoms with Crippen molar-refractivity contribution in [1.82, 2.24) is 0 Å². The van der Waals surface area contributed by atoms with E-state index in [1.807, 2.05) is 0 Å². The Morgan fingerprint density at radius 1 is 1.09 bits per heavy atom. The van der Waals surface area contributed by atoms with Gasteiger partial charge >= 0.3 is 17.9 Å². The van der Waals surface area contributed by atoms with Crippen LogP contribution in [0.4, 0.5) is 5.69 Å². The molecule has 10 nitrogen and oxygen atoms in total. The van der Waals surface area contributed by atoms with Gasteiger partial charge in [0.15, 0.2) is 5.60 Å². The molecule has 0 unspecified atom stereocenters. The average molecular weight is 443 g/mol. The Kier molecular flexibility index (Phi) is 5.33. The summed E-state index contributed by atoms with van der Waals surface area (Å²) in [6, 6.07) is 6.12. The maximum Gasteiger partial charge on any atom is 0.340 e. The van der Waals surface area contributed by atoms with E-state index in [-0.39, 0.29) is 17.9 Å². The smallest absolute Gasteiger partial charge is 0.340 e.